The molecule has 1 aromatic rings. The van der Waals surface area contributed by atoms with Gasteiger partial charge in [0, 0.05) is 0 Å². The molecule has 1 aliphatic rings. The summed E-state index contributed by atoms with van der Waals surface area (Å²) in [6.07, 6.45) is -1.87. The Bertz CT molecular complexity index is 714. The van der Waals surface area contributed by atoms with Crippen LogP contribution in [0, 0.1) is 12.3 Å². The second kappa shape index (κ2) is 7.67. The molecule has 2 rings (SSSR count). The average molecular weight is 374 g/mol. The Morgan fingerprint density at radius 3 is 2.44 bits per heavy atom. The monoisotopic (exact) mass is 374 g/mol. The van der Waals surface area contributed by atoms with Crippen LogP contribution in [0.1, 0.15) is 0 Å². The van der Waals surface area contributed by atoms with Gasteiger partial charge >= 0.3 is 15.2 Å². The molecule has 1 saturated heterocycles. The molecule has 0 aliphatic carbocycles. The second-order valence-corrected chi connectivity index (χ2v) is 6.77. The smallest absolute Gasteiger partial charge is 0.370 e. The van der Waals surface area contributed by atoms with E-state index in [1.54, 1.807) is 6.07 Å². The summed E-state index contributed by atoms with van der Waals surface area (Å²) in [5.74, 6) is 2.05. The van der Waals surface area contributed by atoms with Crippen LogP contribution in [-0.2, 0) is 19.6 Å². The van der Waals surface area contributed by atoms with Crippen LogP contribution < -0.4 is 4.74 Å². The van der Waals surface area contributed by atoms with Crippen LogP contribution in [0.2, 0.25) is 0 Å². The van der Waals surface area contributed by atoms with Gasteiger partial charge in [0.1, 0.15) is 30.7 Å². The predicted molar refractivity (Wildman–Crippen MR) is 83.9 cm³/mol. The maximum absolute atomic E-state index is 12.0. The quantitative estimate of drug-likeness (QED) is 0.354. The van der Waals surface area contributed by atoms with Crippen molar-refractivity contribution >= 4 is 10.1 Å². The lowest BCUT2D eigenvalue weighted by Crippen LogP contribution is -2.70. The summed E-state index contributed by atoms with van der Waals surface area (Å²) in [7, 11) is -5.21. The fourth-order valence-corrected chi connectivity index (χ4v) is 3.32. The van der Waals surface area contributed by atoms with Crippen LogP contribution in [0.5, 0.6) is 5.75 Å². The second-order valence-electron chi connectivity index (χ2n) is 5.25. The minimum Gasteiger partial charge on any atom is -0.445 e. The highest BCUT2D eigenvalue weighted by Crippen LogP contribution is 2.37. The summed E-state index contributed by atoms with van der Waals surface area (Å²) in [5, 5.41) is 26.9. The molecule has 1 heterocycles. The minimum absolute atomic E-state index is 0.0528. The van der Waals surface area contributed by atoms with E-state index in [4.69, 9.17) is 20.6 Å². The normalized spacial score (nSPS) is 32.8. The molecule has 0 radical (unpaired) electrons. The molecule has 1 fully saturated rings. The Labute approximate surface area is 144 Å². The van der Waals surface area contributed by atoms with Crippen molar-refractivity contribution < 1.29 is 42.5 Å². The van der Waals surface area contributed by atoms with Crippen LogP contribution in [0.25, 0.3) is 0 Å². The Balaban J connectivity index is 2.50. The van der Waals surface area contributed by atoms with E-state index < -0.39 is 46.3 Å². The lowest BCUT2D eigenvalue weighted by Gasteiger charge is -2.46. The summed E-state index contributed by atoms with van der Waals surface area (Å²) in [6.45, 7) is -1.21. The first kappa shape index (κ1) is 19.6. The van der Waals surface area contributed by atoms with E-state index in [-0.39, 0.29) is 12.4 Å². The van der Waals surface area contributed by atoms with Crippen molar-refractivity contribution in [3.63, 3.8) is 0 Å². The molecular weight excluding hydrogens is 356 g/mol. The summed E-state index contributed by atoms with van der Waals surface area (Å²) in [5.41, 5.74) is 0. The standard InChI is InChI=1S/C15H18O9S/c1-2-8-22-13-12(17)11(9-16)24-15(14(13)18,25(19,20)21)23-10-6-4-3-5-7-10/h1,3-7,11-14,16-18H,8-9H2,(H,19,20,21)/t11-,12+,13+,14-,15+/m0/s1. The molecule has 0 aromatic heterocycles. The first-order valence-corrected chi connectivity index (χ1v) is 8.62. The van der Waals surface area contributed by atoms with E-state index in [1.807, 2.05) is 0 Å². The van der Waals surface area contributed by atoms with Gasteiger partial charge in [0.2, 0.25) is 0 Å². The third-order valence-electron chi connectivity index (χ3n) is 3.61. The molecular formula is C15H18O9S. The fourth-order valence-electron chi connectivity index (χ4n) is 2.43. The van der Waals surface area contributed by atoms with E-state index >= 15 is 0 Å². The molecule has 0 bridgehead atoms. The van der Waals surface area contributed by atoms with Gasteiger partial charge in [0.05, 0.1) is 6.61 Å². The molecule has 0 saturated carbocycles. The van der Waals surface area contributed by atoms with Gasteiger partial charge in [-0.15, -0.1) is 6.42 Å². The maximum atomic E-state index is 12.0. The summed E-state index contributed by atoms with van der Waals surface area (Å²) in [4.78, 5) is 0. The van der Waals surface area contributed by atoms with Gasteiger partial charge in [-0.2, -0.15) is 8.42 Å². The Morgan fingerprint density at radius 2 is 1.92 bits per heavy atom. The molecule has 0 spiro atoms. The average Bonchev–Trinajstić information content (AvgIpc) is 2.57. The Hall–Kier alpha value is -1.71. The number of para-hydroxylation sites is 1. The molecule has 1 aromatic carbocycles. The number of rotatable bonds is 6. The van der Waals surface area contributed by atoms with Gasteiger partial charge < -0.3 is 29.5 Å². The number of ether oxygens (including phenoxy) is 3. The molecule has 1 aliphatic heterocycles. The van der Waals surface area contributed by atoms with Gasteiger partial charge in [0.25, 0.3) is 0 Å². The van der Waals surface area contributed by atoms with Crippen molar-refractivity contribution in [2.24, 2.45) is 0 Å². The molecule has 4 N–H and O–H groups in total. The zero-order valence-electron chi connectivity index (χ0n) is 12.9. The van der Waals surface area contributed by atoms with E-state index in [9.17, 15) is 28.3 Å². The maximum Gasteiger partial charge on any atom is 0.370 e. The summed E-state index contributed by atoms with van der Waals surface area (Å²) in [6, 6.07) is 7.39. The third kappa shape index (κ3) is 3.78. The third-order valence-corrected chi connectivity index (χ3v) is 4.75. The lowest BCUT2D eigenvalue weighted by molar-refractivity contribution is -0.306. The summed E-state index contributed by atoms with van der Waals surface area (Å²) >= 11 is 0. The van der Waals surface area contributed by atoms with E-state index in [1.165, 1.54) is 24.3 Å². The van der Waals surface area contributed by atoms with Crippen molar-refractivity contribution in [1.82, 2.24) is 0 Å². The van der Waals surface area contributed by atoms with Crippen molar-refractivity contribution in [1.29, 1.82) is 0 Å². The number of aliphatic hydroxyl groups is 3. The van der Waals surface area contributed by atoms with E-state index in [2.05, 4.69) is 5.92 Å². The van der Waals surface area contributed by atoms with E-state index in [0.717, 1.165) is 0 Å². The molecule has 9 nitrogen and oxygen atoms in total. The van der Waals surface area contributed by atoms with Gasteiger partial charge in [-0.05, 0) is 12.1 Å². The molecule has 25 heavy (non-hydrogen) atoms. The largest absolute Gasteiger partial charge is 0.445 e. The molecule has 0 amide bonds. The number of hydrogen-bond acceptors (Lipinski definition) is 8. The molecule has 0 unspecified atom stereocenters. The zero-order valence-corrected chi connectivity index (χ0v) is 13.7. The minimum atomic E-state index is -5.21. The van der Waals surface area contributed by atoms with Crippen molar-refractivity contribution in [3.05, 3.63) is 30.3 Å². The lowest BCUT2D eigenvalue weighted by atomic mass is 9.98. The van der Waals surface area contributed by atoms with Crippen molar-refractivity contribution in [3.8, 4) is 18.1 Å². The first-order valence-electron chi connectivity index (χ1n) is 7.17. The molecule has 10 heteroatoms. The predicted octanol–water partition coefficient (Wildman–Crippen LogP) is -1.26. The highest BCUT2D eigenvalue weighted by molar-refractivity contribution is 7.87. The van der Waals surface area contributed by atoms with Crippen molar-refractivity contribution in [2.75, 3.05) is 13.2 Å². The van der Waals surface area contributed by atoms with Gasteiger partial charge in [-0.3, -0.25) is 4.55 Å². The number of terminal acetylenes is 1. The highest BCUT2D eigenvalue weighted by atomic mass is 32.2. The Morgan fingerprint density at radius 1 is 1.28 bits per heavy atom. The van der Waals surface area contributed by atoms with Crippen LogP contribution in [0.3, 0.4) is 0 Å². The first-order chi connectivity index (χ1) is 11.8. The number of hydrogen-bond donors (Lipinski definition) is 4. The number of aliphatic hydroxyl groups excluding tert-OH is 3. The number of benzene rings is 1. The van der Waals surface area contributed by atoms with Crippen LogP contribution in [0.4, 0.5) is 0 Å². The topological polar surface area (TPSA) is 143 Å². The highest BCUT2D eigenvalue weighted by Gasteiger charge is 2.64. The van der Waals surface area contributed by atoms with E-state index in [0.29, 0.717) is 0 Å². The van der Waals surface area contributed by atoms with Gasteiger partial charge in [-0.1, -0.05) is 24.1 Å². The fraction of sp³-hybridized carbons (Fsp3) is 0.467. The molecule has 138 valence electrons. The van der Waals surface area contributed by atoms with Crippen LogP contribution in [0.15, 0.2) is 30.3 Å². The van der Waals surface area contributed by atoms with Gasteiger partial charge in [0.15, 0.2) is 6.10 Å². The van der Waals surface area contributed by atoms with Crippen LogP contribution in [-0.4, -0.2) is 71.0 Å². The van der Waals surface area contributed by atoms with Crippen LogP contribution >= 0.6 is 0 Å². The van der Waals surface area contributed by atoms with Gasteiger partial charge in [-0.25, -0.2) is 0 Å². The Kier molecular flexibility index (Phi) is 6.02. The molecule has 5 atom stereocenters. The SMILES string of the molecule is C#CCO[C@@H]1[C@H](O)[C@H](CO)O[C@@](Oc2ccccc2)(S(=O)(=O)O)[C@H]1O. The zero-order chi connectivity index (χ0) is 18.7. The van der Waals surface area contributed by atoms with Crippen molar-refractivity contribution in [2.45, 2.75) is 29.5 Å². The summed E-state index contributed by atoms with van der Waals surface area (Å²) < 4.78 is 49.1.